The van der Waals surface area contributed by atoms with Gasteiger partial charge in [0, 0.05) is 6.08 Å². The Morgan fingerprint density at radius 2 is 2.00 bits per heavy atom. The molecule has 0 bridgehead atoms. The second kappa shape index (κ2) is 7.30. The summed E-state index contributed by atoms with van der Waals surface area (Å²) in [5, 5.41) is 8.02. The minimum absolute atomic E-state index is 0. The number of allylic oxidation sites excluding steroid dienone is 3. The van der Waals surface area contributed by atoms with Crippen LogP contribution in [0.5, 0.6) is 0 Å². The molecule has 0 aliphatic rings. The van der Waals surface area contributed by atoms with Gasteiger partial charge in [-0.15, -0.1) is 0 Å². The maximum Gasteiger partial charge on any atom is 0.328 e. The van der Waals surface area contributed by atoms with E-state index in [2.05, 4.69) is 0 Å². The molecule has 0 aromatic rings. The minimum Gasteiger partial charge on any atom is -0.478 e. The monoisotopic (exact) mass is 146 g/mol. The topological polar surface area (TPSA) is 37.3 Å². The van der Waals surface area contributed by atoms with Crippen LogP contribution in [0.3, 0.4) is 0 Å². The Bertz CT molecular complexity index is 127. The zero-order chi connectivity index (χ0) is 6.41. The van der Waals surface area contributed by atoms with Gasteiger partial charge >= 0.3 is 5.97 Å². The van der Waals surface area contributed by atoms with Gasteiger partial charge in [-0.25, -0.2) is 4.79 Å². The number of carbonyl (C=O) groups is 1. The van der Waals surface area contributed by atoms with Gasteiger partial charge in [0.15, 0.2) is 0 Å². The van der Waals surface area contributed by atoms with Crippen molar-refractivity contribution in [1.82, 2.24) is 0 Å². The van der Waals surface area contributed by atoms with Crippen molar-refractivity contribution in [3.8, 4) is 0 Å². The molecule has 0 aromatic carbocycles. The van der Waals surface area contributed by atoms with Crippen LogP contribution in [0, 0.1) is 0 Å². The van der Waals surface area contributed by atoms with Crippen LogP contribution in [0.15, 0.2) is 24.3 Å². The maximum atomic E-state index is 9.75. The SMILES string of the molecule is CC=CC=CC(=O)O.S. The highest BCUT2D eigenvalue weighted by molar-refractivity contribution is 7.59. The fourth-order valence-corrected chi connectivity index (χ4v) is 0.249. The van der Waals surface area contributed by atoms with Gasteiger partial charge in [-0.05, 0) is 6.92 Å². The molecule has 2 nitrogen and oxygen atoms in total. The molecule has 3 heteroatoms. The molecule has 0 aromatic heterocycles. The molecule has 0 aliphatic heterocycles. The van der Waals surface area contributed by atoms with Crippen LogP contribution in [0.4, 0.5) is 0 Å². The van der Waals surface area contributed by atoms with Crippen molar-refractivity contribution in [3.63, 3.8) is 0 Å². The van der Waals surface area contributed by atoms with Crippen molar-refractivity contribution in [1.29, 1.82) is 0 Å². The summed E-state index contributed by atoms with van der Waals surface area (Å²) in [5.74, 6) is -0.914. The third-order valence-electron chi connectivity index (χ3n) is 0.542. The van der Waals surface area contributed by atoms with Gasteiger partial charge in [0.25, 0.3) is 0 Å². The first kappa shape index (κ1) is 11.1. The van der Waals surface area contributed by atoms with Crippen LogP contribution < -0.4 is 0 Å². The second-order valence-corrected chi connectivity index (χ2v) is 1.22. The molecule has 1 N–H and O–H groups in total. The lowest BCUT2D eigenvalue weighted by atomic mass is 10.4. The first-order valence-electron chi connectivity index (χ1n) is 2.29. The predicted molar refractivity (Wildman–Crippen MR) is 42.0 cm³/mol. The Kier molecular flexibility index (Phi) is 9.04. The van der Waals surface area contributed by atoms with E-state index in [1.807, 2.05) is 6.92 Å². The quantitative estimate of drug-likeness (QED) is 0.471. The van der Waals surface area contributed by atoms with Crippen LogP contribution in [0.2, 0.25) is 0 Å². The fourth-order valence-electron chi connectivity index (χ4n) is 0.249. The molecule has 0 saturated heterocycles. The van der Waals surface area contributed by atoms with Crippen LogP contribution in [-0.4, -0.2) is 11.1 Å². The van der Waals surface area contributed by atoms with Gasteiger partial charge < -0.3 is 5.11 Å². The molecular weight excluding hydrogens is 136 g/mol. The Balaban J connectivity index is 0. The third kappa shape index (κ3) is 11.1. The second-order valence-electron chi connectivity index (χ2n) is 1.22. The molecule has 0 aliphatic carbocycles. The Labute approximate surface area is 61.3 Å². The average molecular weight is 146 g/mol. The summed E-state index contributed by atoms with van der Waals surface area (Å²) in [6.07, 6.45) is 5.98. The molecule has 0 unspecified atom stereocenters. The molecule has 0 atom stereocenters. The van der Waals surface area contributed by atoms with Gasteiger partial charge in [-0.2, -0.15) is 13.5 Å². The van der Waals surface area contributed by atoms with E-state index >= 15 is 0 Å². The van der Waals surface area contributed by atoms with Crippen molar-refractivity contribution >= 4 is 19.5 Å². The van der Waals surface area contributed by atoms with E-state index in [-0.39, 0.29) is 13.5 Å². The first-order valence-corrected chi connectivity index (χ1v) is 2.29. The Morgan fingerprint density at radius 1 is 1.44 bits per heavy atom. The average Bonchev–Trinajstić information content (AvgIpc) is 1.66. The molecule has 0 spiro atoms. The standard InChI is InChI=1S/C6H8O2.H2S/c1-2-3-4-5-6(7)8;/h2-5H,1H3,(H,7,8);1H2. The summed E-state index contributed by atoms with van der Waals surface area (Å²) in [6, 6.07) is 0. The van der Waals surface area contributed by atoms with E-state index in [0.29, 0.717) is 0 Å². The zero-order valence-corrected chi connectivity index (χ0v) is 6.16. The van der Waals surface area contributed by atoms with E-state index in [0.717, 1.165) is 6.08 Å². The molecule has 52 valence electrons. The fraction of sp³-hybridized carbons (Fsp3) is 0.167. The summed E-state index contributed by atoms with van der Waals surface area (Å²) in [6.45, 7) is 1.83. The summed E-state index contributed by atoms with van der Waals surface area (Å²) in [5.41, 5.74) is 0. The normalized spacial score (nSPS) is 9.89. The van der Waals surface area contributed by atoms with Crippen molar-refractivity contribution in [2.24, 2.45) is 0 Å². The molecule has 0 radical (unpaired) electrons. The molecular formula is C6H10O2S. The number of rotatable bonds is 2. The van der Waals surface area contributed by atoms with Crippen molar-refractivity contribution in [2.45, 2.75) is 6.92 Å². The highest BCUT2D eigenvalue weighted by Gasteiger charge is 1.78. The zero-order valence-electron chi connectivity index (χ0n) is 5.16. The van der Waals surface area contributed by atoms with Crippen LogP contribution >= 0.6 is 13.5 Å². The van der Waals surface area contributed by atoms with E-state index in [1.165, 1.54) is 6.08 Å². The molecule has 0 fully saturated rings. The minimum atomic E-state index is -0.914. The molecule has 0 amide bonds. The van der Waals surface area contributed by atoms with Gasteiger partial charge in [0.2, 0.25) is 0 Å². The predicted octanol–water partition coefficient (Wildman–Crippen LogP) is 1.32. The van der Waals surface area contributed by atoms with Crippen molar-refractivity contribution < 1.29 is 9.90 Å². The highest BCUT2D eigenvalue weighted by Crippen LogP contribution is 1.74. The Hall–Kier alpha value is -0.700. The summed E-state index contributed by atoms with van der Waals surface area (Å²) in [4.78, 5) is 9.75. The number of hydrogen-bond acceptors (Lipinski definition) is 1. The van der Waals surface area contributed by atoms with Gasteiger partial charge in [0.05, 0.1) is 0 Å². The largest absolute Gasteiger partial charge is 0.478 e. The molecule has 9 heavy (non-hydrogen) atoms. The smallest absolute Gasteiger partial charge is 0.328 e. The van der Waals surface area contributed by atoms with Crippen molar-refractivity contribution in [2.75, 3.05) is 0 Å². The number of carboxylic acid groups (broad SMARTS) is 1. The third-order valence-corrected chi connectivity index (χ3v) is 0.542. The summed E-state index contributed by atoms with van der Waals surface area (Å²) in [7, 11) is 0. The highest BCUT2D eigenvalue weighted by atomic mass is 32.1. The van der Waals surface area contributed by atoms with E-state index in [9.17, 15) is 4.79 Å². The number of carboxylic acids is 1. The number of aliphatic carboxylic acids is 1. The Morgan fingerprint density at radius 3 is 2.33 bits per heavy atom. The summed E-state index contributed by atoms with van der Waals surface area (Å²) >= 11 is 0. The van der Waals surface area contributed by atoms with Crippen molar-refractivity contribution in [3.05, 3.63) is 24.3 Å². The van der Waals surface area contributed by atoms with Gasteiger partial charge in [-0.1, -0.05) is 18.2 Å². The maximum absolute atomic E-state index is 9.75. The van der Waals surface area contributed by atoms with E-state index < -0.39 is 5.97 Å². The van der Waals surface area contributed by atoms with Gasteiger partial charge in [0.1, 0.15) is 0 Å². The van der Waals surface area contributed by atoms with E-state index in [4.69, 9.17) is 5.11 Å². The lowest BCUT2D eigenvalue weighted by Crippen LogP contribution is -1.83. The number of hydrogen-bond donors (Lipinski definition) is 1. The van der Waals surface area contributed by atoms with Crippen LogP contribution in [-0.2, 0) is 4.79 Å². The first-order chi connectivity index (χ1) is 3.77. The molecule has 0 heterocycles. The van der Waals surface area contributed by atoms with Gasteiger partial charge in [-0.3, -0.25) is 0 Å². The summed E-state index contributed by atoms with van der Waals surface area (Å²) < 4.78 is 0. The van der Waals surface area contributed by atoms with E-state index in [1.54, 1.807) is 12.2 Å². The lowest BCUT2D eigenvalue weighted by Gasteiger charge is -1.72. The van der Waals surface area contributed by atoms with Crippen LogP contribution in [0.1, 0.15) is 6.92 Å². The lowest BCUT2D eigenvalue weighted by molar-refractivity contribution is -0.131. The van der Waals surface area contributed by atoms with Crippen LogP contribution in [0.25, 0.3) is 0 Å². The molecule has 0 saturated carbocycles. The molecule has 0 rings (SSSR count).